The third kappa shape index (κ3) is 2.50. The van der Waals surface area contributed by atoms with Gasteiger partial charge in [0.25, 0.3) is 0 Å². The van der Waals surface area contributed by atoms with E-state index in [4.69, 9.17) is 4.84 Å². The van der Waals surface area contributed by atoms with Crippen molar-refractivity contribution < 1.29 is 9.63 Å². The molecule has 0 heterocycles. The van der Waals surface area contributed by atoms with Gasteiger partial charge in [0.1, 0.15) is 0 Å². The van der Waals surface area contributed by atoms with Gasteiger partial charge in [-0.25, -0.2) is 5.48 Å². The van der Waals surface area contributed by atoms with Crippen LogP contribution in [0.4, 0.5) is 0 Å². The van der Waals surface area contributed by atoms with Gasteiger partial charge in [-0.15, -0.1) is 0 Å². The maximum absolute atomic E-state index is 11.8. The molecule has 2 aliphatic carbocycles. The largest absolute Gasteiger partial charge is 0.272 e. The molecule has 1 aromatic carbocycles. The van der Waals surface area contributed by atoms with Crippen molar-refractivity contribution in [1.29, 1.82) is 0 Å². The Morgan fingerprint density at radius 2 is 1.88 bits per heavy atom. The minimum atomic E-state index is 0.0631. The summed E-state index contributed by atoms with van der Waals surface area (Å²) >= 11 is 0. The average Bonchev–Trinajstić information content (AvgIpc) is 2.97. The van der Waals surface area contributed by atoms with Crippen molar-refractivity contribution in [2.24, 2.45) is 17.8 Å². The lowest BCUT2D eigenvalue weighted by Gasteiger charge is -2.12. The van der Waals surface area contributed by atoms with Crippen LogP contribution in [-0.2, 0) is 16.2 Å². The lowest BCUT2D eigenvalue weighted by Crippen LogP contribution is -2.30. The van der Waals surface area contributed by atoms with Crippen LogP contribution in [0.5, 0.6) is 0 Å². The summed E-state index contributed by atoms with van der Waals surface area (Å²) in [6, 6.07) is 9.86. The number of amides is 1. The maximum atomic E-state index is 11.8. The quantitative estimate of drug-likeness (QED) is 0.807. The minimum Gasteiger partial charge on any atom is -0.272 e. The lowest BCUT2D eigenvalue weighted by molar-refractivity contribution is -0.138. The first-order valence-corrected chi connectivity index (χ1v) is 6.28. The number of carbonyl (C=O) groups is 1. The first-order chi connectivity index (χ1) is 8.33. The fourth-order valence-electron chi connectivity index (χ4n) is 2.78. The highest BCUT2D eigenvalue weighted by Gasteiger charge is 2.48. The molecular weight excluding hydrogens is 214 g/mol. The molecule has 17 heavy (non-hydrogen) atoms. The van der Waals surface area contributed by atoms with E-state index < -0.39 is 0 Å². The van der Waals surface area contributed by atoms with Crippen LogP contribution in [0, 0.1) is 17.8 Å². The highest BCUT2D eigenvalue weighted by molar-refractivity contribution is 5.78. The second-order valence-electron chi connectivity index (χ2n) is 5.16. The first kappa shape index (κ1) is 10.8. The van der Waals surface area contributed by atoms with Crippen molar-refractivity contribution in [3.8, 4) is 0 Å². The van der Waals surface area contributed by atoms with E-state index >= 15 is 0 Å². The Balaban J connectivity index is 1.41. The van der Waals surface area contributed by atoms with Crippen LogP contribution in [0.2, 0.25) is 0 Å². The van der Waals surface area contributed by atoms with E-state index in [0.717, 1.165) is 30.2 Å². The van der Waals surface area contributed by atoms with Gasteiger partial charge in [-0.3, -0.25) is 9.63 Å². The van der Waals surface area contributed by atoms with Crippen LogP contribution in [0.15, 0.2) is 30.3 Å². The van der Waals surface area contributed by atoms with Gasteiger partial charge in [-0.05, 0) is 36.7 Å². The number of carbonyl (C=O) groups excluding carboxylic acids is 1. The fraction of sp³-hybridized carbons (Fsp3) is 0.500. The molecule has 0 bridgehead atoms. The Labute approximate surface area is 101 Å². The summed E-state index contributed by atoms with van der Waals surface area (Å²) in [6.45, 7) is 0.437. The number of benzene rings is 1. The minimum absolute atomic E-state index is 0.0631. The summed E-state index contributed by atoms with van der Waals surface area (Å²) < 4.78 is 0. The van der Waals surface area contributed by atoms with Gasteiger partial charge in [0, 0.05) is 5.92 Å². The summed E-state index contributed by atoms with van der Waals surface area (Å²) in [5, 5.41) is 0. The Morgan fingerprint density at radius 1 is 1.18 bits per heavy atom. The van der Waals surface area contributed by atoms with Gasteiger partial charge in [-0.2, -0.15) is 0 Å². The van der Waals surface area contributed by atoms with Crippen LogP contribution < -0.4 is 5.48 Å². The first-order valence-electron chi connectivity index (χ1n) is 6.28. The third-order valence-electron chi connectivity index (χ3n) is 3.87. The lowest BCUT2D eigenvalue weighted by atomic mass is 10.0. The van der Waals surface area contributed by atoms with Crippen molar-refractivity contribution >= 4 is 5.91 Å². The van der Waals surface area contributed by atoms with Crippen LogP contribution >= 0.6 is 0 Å². The zero-order valence-electron chi connectivity index (χ0n) is 9.76. The molecule has 2 fully saturated rings. The molecule has 1 aromatic rings. The molecule has 90 valence electrons. The summed E-state index contributed by atoms with van der Waals surface area (Å²) in [7, 11) is 0. The average molecular weight is 231 g/mol. The molecule has 1 amide bonds. The summed E-state index contributed by atoms with van der Waals surface area (Å²) in [4.78, 5) is 17.0. The van der Waals surface area contributed by atoms with Crippen molar-refractivity contribution in [3.63, 3.8) is 0 Å². The smallest absolute Gasteiger partial charge is 0.246 e. The fourth-order valence-corrected chi connectivity index (χ4v) is 2.78. The van der Waals surface area contributed by atoms with E-state index in [1.807, 2.05) is 30.3 Å². The number of fused-ring (bicyclic) bond motifs is 1. The molecule has 0 aromatic heterocycles. The Bertz CT molecular complexity index is 394. The van der Waals surface area contributed by atoms with E-state index in [1.54, 1.807) is 0 Å². The standard InChI is InChI=1S/C14H17NO2/c16-14(13-7-11-6-12(11)8-13)15-17-9-10-4-2-1-3-5-10/h1-5,11-13H,6-9H2,(H,15,16). The molecule has 1 N–H and O–H groups in total. The van der Waals surface area contributed by atoms with Crippen LogP contribution in [0.1, 0.15) is 24.8 Å². The third-order valence-corrected chi connectivity index (χ3v) is 3.87. The molecule has 0 spiro atoms. The molecule has 2 unspecified atom stereocenters. The predicted molar refractivity (Wildman–Crippen MR) is 63.7 cm³/mol. The molecule has 2 aliphatic rings. The highest BCUT2D eigenvalue weighted by Crippen LogP contribution is 2.54. The number of rotatable bonds is 4. The molecule has 3 heteroatoms. The normalized spacial score (nSPS) is 29.8. The Hall–Kier alpha value is -1.35. The van der Waals surface area contributed by atoms with Gasteiger partial charge in [0.05, 0.1) is 6.61 Å². The number of nitrogens with one attached hydrogen (secondary N) is 1. The molecular formula is C14H17NO2. The second-order valence-corrected chi connectivity index (χ2v) is 5.16. The topological polar surface area (TPSA) is 38.3 Å². The summed E-state index contributed by atoms with van der Waals surface area (Å²) in [6.07, 6.45) is 3.46. The van der Waals surface area contributed by atoms with Crippen molar-refractivity contribution in [2.45, 2.75) is 25.9 Å². The second kappa shape index (κ2) is 4.49. The number of hydrogen-bond acceptors (Lipinski definition) is 2. The number of hydrogen-bond donors (Lipinski definition) is 1. The van der Waals surface area contributed by atoms with E-state index in [-0.39, 0.29) is 11.8 Å². The number of hydroxylamine groups is 1. The van der Waals surface area contributed by atoms with E-state index in [2.05, 4.69) is 5.48 Å². The maximum Gasteiger partial charge on any atom is 0.246 e. The summed E-state index contributed by atoms with van der Waals surface area (Å²) in [5.74, 6) is 1.92. The van der Waals surface area contributed by atoms with E-state index in [0.29, 0.717) is 6.61 Å². The van der Waals surface area contributed by atoms with Gasteiger partial charge >= 0.3 is 0 Å². The Morgan fingerprint density at radius 3 is 2.59 bits per heavy atom. The highest BCUT2D eigenvalue weighted by atomic mass is 16.6. The van der Waals surface area contributed by atoms with Crippen LogP contribution in [0.3, 0.4) is 0 Å². The van der Waals surface area contributed by atoms with E-state index in [9.17, 15) is 4.79 Å². The van der Waals surface area contributed by atoms with Gasteiger partial charge in [-0.1, -0.05) is 30.3 Å². The van der Waals surface area contributed by atoms with Gasteiger partial charge in [0.15, 0.2) is 0 Å². The molecule has 0 aliphatic heterocycles. The molecule has 3 rings (SSSR count). The van der Waals surface area contributed by atoms with E-state index in [1.165, 1.54) is 6.42 Å². The molecule has 0 saturated heterocycles. The Kier molecular flexibility index (Phi) is 2.85. The van der Waals surface area contributed by atoms with Crippen molar-refractivity contribution in [2.75, 3.05) is 0 Å². The monoisotopic (exact) mass is 231 g/mol. The van der Waals surface area contributed by atoms with Crippen LogP contribution in [-0.4, -0.2) is 5.91 Å². The molecule has 2 saturated carbocycles. The zero-order chi connectivity index (χ0) is 11.7. The molecule has 0 radical (unpaired) electrons. The molecule has 2 atom stereocenters. The zero-order valence-corrected chi connectivity index (χ0v) is 9.76. The predicted octanol–water partition coefficient (Wildman–Crippen LogP) is 2.28. The van der Waals surface area contributed by atoms with Gasteiger partial charge < -0.3 is 0 Å². The van der Waals surface area contributed by atoms with Gasteiger partial charge in [0.2, 0.25) is 5.91 Å². The SMILES string of the molecule is O=C(NOCc1ccccc1)C1CC2CC2C1. The van der Waals surface area contributed by atoms with Crippen molar-refractivity contribution in [1.82, 2.24) is 5.48 Å². The summed E-state index contributed by atoms with van der Waals surface area (Å²) in [5.41, 5.74) is 3.65. The molecule has 3 nitrogen and oxygen atoms in total. The van der Waals surface area contributed by atoms with Crippen molar-refractivity contribution in [3.05, 3.63) is 35.9 Å². The van der Waals surface area contributed by atoms with Crippen LogP contribution in [0.25, 0.3) is 0 Å².